The van der Waals surface area contributed by atoms with Crippen molar-refractivity contribution < 1.29 is 38.0 Å². The Hall–Kier alpha value is -3.83. The minimum absolute atomic E-state index is 0.00642. The molecule has 0 aliphatic carbocycles. The van der Waals surface area contributed by atoms with Crippen molar-refractivity contribution in [1.29, 1.82) is 0 Å². The number of methoxy groups -OCH3 is 1. The maximum atomic E-state index is 14.3. The van der Waals surface area contributed by atoms with Crippen LogP contribution in [0.25, 0.3) is 22.3 Å². The van der Waals surface area contributed by atoms with Crippen molar-refractivity contribution >= 4 is 42.0 Å². The fourth-order valence-electron chi connectivity index (χ4n) is 5.84. The minimum Gasteiger partial charge on any atom is -0.394 e. The number of H-pyrrole nitrogens is 2. The first-order valence-corrected chi connectivity index (χ1v) is 16.9. The predicted molar refractivity (Wildman–Crippen MR) is 171 cm³/mol. The predicted octanol–water partition coefficient (Wildman–Crippen LogP) is -1.98. The quantitative estimate of drug-likeness (QED) is 0.0551. The van der Waals surface area contributed by atoms with E-state index in [4.69, 9.17) is 34.7 Å². The molecule has 2 saturated heterocycles. The molecule has 4 aromatic rings. The molecule has 8 atom stereocenters. The molecule has 9 N–H and O–H groups in total. The molecule has 4 aromatic heterocycles. The van der Waals surface area contributed by atoms with Crippen LogP contribution in [0, 0.1) is 0 Å². The highest BCUT2D eigenvalue weighted by atomic mass is 31.2. The number of hydrogen-bond acceptors (Lipinski definition) is 17. The second-order valence-corrected chi connectivity index (χ2v) is 13.6. The molecule has 49 heavy (non-hydrogen) atoms. The van der Waals surface area contributed by atoms with Gasteiger partial charge in [-0.1, -0.05) is 0 Å². The third kappa shape index (κ3) is 7.10. The highest BCUT2D eigenvalue weighted by Crippen LogP contribution is 2.49. The number of aromatic amines is 2. The Morgan fingerprint density at radius 3 is 2.31 bits per heavy atom. The van der Waals surface area contributed by atoms with Crippen molar-refractivity contribution in [3.63, 3.8) is 0 Å². The topological polar surface area (TPSA) is 298 Å². The van der Waals surface area contributed by atoms with Crippen LogP contribution >= 0.6 is 7.75 Å². The lowest BCUT2D eigenvalue weighted by molar-refractivity contribution is -0.0597. The van der Waals surface area contributed by atoms with E-state index in [1.54, 1.807) is 0 Å². The first kappa shape index (κ1) is 35.0. The van der Waals surface area contributed by atoms with E-state index in [0.29, 0.717) is 13.0 Å². The molecule has 22 nitrogen and oxygen atoms in total. The van der Waals surface area contributed by atoms with Crippen LogP contribution in [0.5, 0.6) is 0 Å². The van der Waals surface area contributed by atoms with E-state index in [0.717, 1.165) is 0 Å². The van der Waals surface area contributed by atoms with E-state index >= 15 is 0 Å². The molecule has 2 fully saturated rings. The van der Waals surface area contributed by atoms with Crippen molar-refractivity contribution in [3.8, 4) is 0 Å². The standard InChI is InChI=1S/C26H39N12O10P/c1-36(2)6-4-5-31-49(43,48-12-7-15(46-13(12)8-39)37-10-29-16-20(37)32-25(27)34-22(16)41)45-9-14-18(40)19(44-3)24(47-14)38-11-30-17-21(38)33-26(28)35-23(17)42/h10-15,18-19,24,39-40H,4-9H2,1-3H3,(H,31,43)(H3,27,32,34,41)(H3,28,33,35,42)/t12?,13-,14-,15-,18?,19+,24-,49?/m1/s1. The van der Waals surface area contributed by atoms with Crippen LogP contribution in [-0.2, 0) is 27.8 Å². The maximum absolute atomic E-state index is 14.3. The molecular weight excluding hydrogens is 671 g/mol. The van der Waals surface area contributed by atoms with Gasteiger partial charge in [0.1, 0.15) is 36.7 Å². The number of aromatic nitrogens is 8. The second kappa shape index (κ2) is 14.2. The van der Waals surface area contributed by atoms with E-state index in [2.05, 4.69) is 35.0 Å². The molecule has 0 amide bonds. The number of nitrogens with two attached hydrogens (primary N) is 2. The number of nitrogens with zero attached hydrogens (tertiary/aromatic N) is 7. The number of aliphatic hydroxyl groups is 2. The number of nitrogens with one attached hydrogen (secondary N) is 3. The molecule has 0 bridgehead atoms. The molecule has 268 valence electrons. The number of rotatable bonds is 14. The van der Waals surface area contributed by atoms with Gasteiger partial charge in [-0.3, -0.25) is 37.7 Å². The number of fused-ring (bicyclic) bond motifs is 2. The number of imidazole rings is 2. The van der Waals surface area contributed by atoms with Gasteiger partial charge < -0.3 is 40.8 Å². The molecule has 6 heterocycles. The summed E-state index contributed by atoms with van der Waals surface area (Å²) in [5, 5.41) is 24.2. The molecule has 3 unspecified atom stereocenters. The Morgan fingerprint density at radius 1 is 1.06 bits per heavy atom. The lowest BCUT2D eigenvalue weighted by Gasteiger charge is -2.26. The highest BCUT2D eigenvalue weighted by Gasteiger charge is 2.48. The Labute approximate surface area is 277 Å². The van der Waals surface area contributed by atoms with Crippen LogP contribution in [0.2, 0.25) is 0 Å². The van der Waals surface area contributed by atoms with Gasteiger partial charge in [0.2, 0.25) is 11.9 Å². The smallest absolute Gasteiger partial charge is 0.394 e. The summed E-state index contributed by atoms with van der Waals surface area (Å²) in [6.07, 6.45) is -3.75. The van der Waals surface area contributed by atoms with Gasteiger partial charge in [0, 0.05) is 20.1 Å². The third-order valence-corrected chi connectivity index (χ3v) is 9.85. The second-order valence-electron chi connectivity index (χ2n) is 11.9. The first-order chi connectivity index (χ1) is 23.4. The van der Waals surface area contributed by atoms with Crippen molar-refractivity contribution in [1.82, 2.24) is 49.0 Å². The summed E-state index contributed by atoms with van der Waals surface area (Å²) in [6, 6.07) is 0. The summed E-state index contributed by atoms with van der Waals surface area (Å²) in [4.78, 5) is 47.8. The minimum atomic E-state index is -4.19. The molecular formula is C26H39N12O10P. The van der Waals surface area contributed by atoms with Crippen molar-refractivity contribution in [2.45, 2.75) is 55.8 Å². The van der Waals surface area contributed by atoms with Crippen LogP contribution in [0.1, 0.15) is 25.3 Å². The number of nitrogen functional groups attached to an aromatic ring is 2. The van der Waals surface area contributed by atoms with Crippen molar-refractivity contribution in [3.05, 3.63) is 33.4 Å². The Bertz CT molecular complexity index is 1950. The number of ether oxygens (including phenoxy) is 3. The summed E-state index contributed by atoms with van der Waals surface area (Å²) in [6.45, 7) is -0.0101. The largest absolute Gasteiger partial charge is 0.405 e. The van der Waals surface area contributed by atoms with Gasteiger partial charge in [0.05, 0.1) is 25.9 Å². The van der Waals surface area contributed by atoms with Crippen molar-refractivity contribution in [2.24, 2.45) is 0 Å². The molecule has 0 radical (unpaired) electrons. The number of hydrogen-bond donors (Lipinski definition) is 7. The molecule has 2 aliphatic rings. The van der Waals surface area contributed by atoms with E-state index in [1.807, 2.05) is 19.0 Å². The lowest BCUT2D eigenvalue weighted by atomic mass is 10.1. The van der Waals surface area contributed by atoms with Gasteiger partial charge in [-0.25, -0.2) is 19.6 Å². The zero-order valence-electron chi connectivity index (χ0n) is 26.8. The molecule has 6 rings (SSSR count). The van der Waals surface area contributed by atoms with Crippen LogP contribution in [-0.4, -0.2) is 132 Å². The van der Waals surface area contributed by atoms with Gasteiger partial charge in [-0.2, -0.15) is 9.97 Å². The van der Waals surface area contributed by atoms with Gasteiger partial charge in [0.15, 0.2) is 28.6 Å². The normalized spacial score (nSPS) is 27.1. The molecule has 2 aliphatic heterocycles. The SMILES string of the molecule is CO[C@H]1C(O)[C@@H](COP(=O)(NCCCN(C)C)OC2C[C@H](n3cnc4c(=O)[nH]c(N)nc43)O[C@@H]2CO)O[C@H]1n1cnc2c(=O)[nH]c(N)nc21. The number of aliphatic hydroxyl groups excluding tert-OH is 2. The van der Waals surface area contributed by atoms with Crippen LogP contribution < -0.4 is 27.7 Å². The summed E-state index contributed by atoms with van der Waals surface area (Å²) in [7, 11) is 0.982. The van der Waals surface area contributed by atoms with Gasteiger partial charge >= 0.3 is 7.75 Å². The maximum Gasteiger partial charge on any atom is 0.405 e. The monoisotopic (exact) mass is 710 g/mol. The fourth-order valence-corrected chi connectivity index (χ4v) is 7.42. The lowest BCUT2D eigenvalue weighted by Crippen LogP contribution is -2.36. The summed E-state index contributed by atoms with van der Waals surface area (Å²) in [5.41, 5.74) is 10.7. The average molecular weight is 711 g/mol. The molecule has 23 heteroatoms. The molecule has 0 spiro atoms. The average Bonchev–Trinajstić information content (AvgIpc) is 3.82. The van der Waals surface area contributed by atoms with Crippen molar-refractivity contribution in [2.75, 3.05) is 59.0 Å². The van der Waals surface area contributed by atoms with Gasteiger partial charge in [0.25, 0.3) is 11.1 Å². The van der Waals surface area contributed by atoms with Gasteiger partial charge in [-0.05, 0) is 27.1 Å². The van der Waals surface area contributed by atoms with E-state index in [9.17, 15) is 24.4 Å². The third-order valence-electron chi connectivity index (χ3n) is 8.20. The fraction of sp³-hybridized carbons (Fsp3) is 0.615. The van der Waals surface area contributed by atoms with E-state index in [-0.39, 0.29) is 47.2 Å². The Morgan fingerprint density at radius 2 is 1.69 bits per heavy atom. The molecule has 0 aromatic carbocycles. The van der Waals surface area contributed by atoms with E-state index in [1.165, 1.54) is 28.9 Å². The van der Waals surface area contributed by atoms with Crippen LogP contribution in [0.4, 0.5) is 11.9 Å². The highest BCUT2D eigenvalue weighted by molar-refractivity contribution is 7.51. The zero-order valence-corrected chi connectivity index (χ0v) is 27.7. The first-order valence-electron chi connectivity index (χ1n) is 15.3. The molecule has 0 saturated carbocycles. The van der Waals surface area contributed by atoms with Gasteiger partial charge in [-0.15, -0.1) is 0 Å². The summed E-state index contributed by atoms with van der Waals surface area (Å²) in [5.74, 6) is -0.257. The summed E-state index contributed by atoms with van der Waals surface area (Å²) < 4.78 is 46.8. The van der Waals surface area contributed by atoms with Crippen LogP contribution in [0.3, 0.4) is 0 Å². The summed E-state index contributed by atoms with van der Waals surface area (Å²) >= 11 is 0. The Balaban J connectivity index is 1.20. The zero-order chi connectivity index (χ0) is 35.0. The van der Waals surface area contributed by atoms with E-state index < -0.39 is 75.1 Å². The number of anilines is 2. The Kier molecular flexibility index (Phi) is 10.1. The van der Waals surface area contributed by atoms with Crippen LogP contribution in [0.15, 0.2) is 22.2 Å².